The van der Waals surface area contributed by atoms with Crippen molar-refractivity contribution in [2.45, 2.75) is 26.4 Å². The monoisotopic (exact) mass is 488 g/mol. The molecule has 5 nitrogen and oxygen atoms in total. The van der Waals surface area contributed by atoms with Crippen LogP contribution in [0.25, 0.3) is 6.08 Å². The van der Waals surface area contributed by atoms with Crippen LogP contribution in [0.3, 0.4) is 0 Å². The van der Waals surface area contributed by atoms with Crippen molar-refractivity contribution in [1.82, 2.24) is 5.32 Å². The molecule has 1 unspecified atom stereocenters. The van der Waals surface area contributed by atoms with Crippen LogP contribution in [-0.2, 0) is 11.3 Å². The lowest BCUT2D eigenvalue weighted by Crippen LogP contribution is -2.36. The molecule has 1 heterocycles. The normalized spacial score (nSPS) is 14.6. The Morgan fingerprint density at radius 2 is 1.65 bits per heavy atom. The van der Waals surface area contributed by atoms with Gasteiger partial charge in [-0.3, -0.25) is 14.5 Å². The van der Waals surface area contributed by atoms with E-state index in [1.54, 1.807) is 23.1 Å². The van der Waals surface area contributed by atoms with Crippen LogP contribution in [-0.4, -0.2) is 11.8 Å². The topological polar surface area (TPSA) is 58.6 Å². The molecule has 4 aromatic rings. The Labute approximate surface area is 217 Å². The number of amides is 2. The van der Waals surface area contributed by atoms with E-state index in [4.69, 9.17) is 4.74 Å². The molecule has 4 aromatic carbocycles. The lowest BCUT2D eigenvalue weighted by molar-refractivity contribution is -0.117. The minimum atomic E-state index is -0.210. The predicted molar refractivity (Wildman–Crippen MR) is 146 cm³/mol. The van der Waals surface area contributed by atoms with Crippen LogP contribution in [0.5, 0.6) is 5.75 Å². The molecule has 184 valence electrons. The fourth-order valence-electron chi connectivity index (χ4n) is 4.40. The lowest BCUT2D eigenvalue weighted by Gasteiger charge is -2.30. The quantitative estimate of drug-likeness (QED) is 0.317. The summed E-state index contributed by atoms with van der Waals surface area (Å²) >= 11 is 0. The van der Waals surface area contributed by atoms with Gasteiger partial charge in [0.1, 0.15) is 0 Å². The molecule has 0 spiro atoms. The number of hydrogen-bond donors (Lipinski definition) is 1. The Morgan fingerprint density at radius 1 is 0.919 bits per heavy atom. The van der Waals surface area contributed by atoms with E-state index in [1.807, 2.05) is 98.8 Å². The van der Waals surface area contributed by atoms with Crippen molar-refractivity contribution < 1.29 is 14.3 Å². The zero-order valence-corrected chi connectivity index (χ0v) is 20.8. The molecule has 1 N–H and O–H groups in total. The molecule has 2 amide bonds. The third kappa shape index (κ3) is 5.46. The van der Waals surface area contributed by atoms with Crippen LogP contribution in [0.4, 0.5) is 5.69 Å². The second-order valence-electron chi connectivity index (χ2n) is 9.19. The third-order valence-electron chi connectivity index (χ3n) is 6.37. The van der Waals surface area contributed by atoms with Gasteiger partial charge in [-0.2, -0.15) is 0 Å². The SMILES string of the molecule is Cc1cccc(CN2C(=O)/C(=C\c3ccc(C(=O)NC(C)c4ccccc4)cc3)Oc3ccccc32)c1. The van der Waals surface area contributed by atoms with Gasteiger partial charge in [0, 0.05) is 5.56 Å². The second kappa shape index (κ2) is 10.5. The van der Waals surface area contributed by atoms with Gasteiger partial charge in [0.25, 0.3) is 11.8 Å². The van der Waals surface area contributed by atoms with E-state index < -0.39 is 0 Å². The molecular formula is C32H28N2O3. The Kier molecular flexibility index (Phi) is 6.86. The van der Waals surface area contributed by atoms with Crippen LogP contribution >= 0.6 is 0 Å². The van der Waals surface area contributed by atoms with E-state index >= 15 is 0 Å². The molecular weight excluding hydrogens is 460 g/mol. The summed E-state index contributed by atoms with van der Waals surface area (Å²) in [6.07, 6.45) is 1.72. The summed E-state index contributed by atoms with van der Waals surface area (Å²) in [5, 5.41) is 3.02. The second-order valence-corrected chi connectivity index (χ2v) is 9.19. The van der Waals surface area contributed by atoms with Crippen molar-refractivity contribution in [1.29, 1.82) is 0 Å². The summed E-state index contributed by atoms with van der Waals surface area (Å²) in [4.78, 5) is 28.0. The van der Waals surface area contributed by atoms with Crippen LogP contribution in [0.1, 0.15) is 45.6 Å². The summed E-state index contributed by atoms with van der Waals surface area (Å²) in [5.41, 5.74) is 5.29. The predicted octanol–water partition coefficient (Wildman–Crippen LogP) is 6.45. The molecule has 0 radical (unpaired) electrons. The first-order chi connectivity index (χ1) is 18.0. The number of fused-ring (bicyclic) bond motifs is 1. The maximum absolute atomic E-state index is 13.5. The summed E-state index contributed by atoms with van der Waals surface area (Å²) in [6.45, 7) is 4.44. The van der Waals surface area contributed by atoms with E-state index in [1.165, 1.54) is 0 Å². The summed E-state index contributed by atoms with van der Waals surface area (Å²) in [5.74, 6) is 0.505. The molecule has 1 atom stereocenters. The molecule has 0 aliphatic carbocycles. The first-order valence-corrected chi connectivity index (χ1v) is 12.3. The number of para-hydroxylation sites is 2. The number of anilines is 1. The van der Waals surface area contributed by atoms with Gasteiger partial charge in [-0.1, -0.05) is 84.4 Å². The Morgan fingerprint density at radius 3 is 2.41 bits per heavy atom. The van der Waals surface area contributed by atoms with Crippen molar-refractivity contribution in [3.8, 4) is 5.75 Å². The van der Waals surface area contributed by atoms with Gasteiger partial charge in [-0.25, -0.2) is 0 Å². The highest BCUT2D eigenvalue weighted by atomic mass is 16.5. The highest BCUT2D eigenvalue weighted by Gasteiger charge is 2.30. The highest BCUT2D eigenvalue weighted by Crippen LogP contribution is 2.36. The van der Waals surface area contributed by atoms with E-state index in [0.717, 1.165) is 27.9 Å². The minimum absolute atomic E-state index is 0.108. The van der Waals surface area contributed by atoms with Crippen molar-refractivity contribution in [3.05, 3.63) is 137 Å². The fraction of sp³-hybridized carbons (Fsp3) is 0.125. The minimum Gasteiger partial charge on any atom is -0.449 e. The number of nitrogens with one attached hydrogen (secondary N) is 1. The van der Waals surface area contributed by atoms with Crippen molar-refractivity contribution in [2.75, 3.05) is 4.90 Å². The maximum atomic E-state index is 13.5. The Bertz CT molecular complexity index is 1460. The van der Waals surface area contributed by atoms with Gasteiger partial charge in [-0.15, -0.1) is 0 Å². The van der Waals surface area contributed by atoms with Crippen LogP contribution in [0, 0.1) is 6.92 Å². The number of aryl methyl sites for hydroxylation is 1. The number of carbonyl (C=O) groups excluding carboxylic acids is 2. The van der Waals surface area contributed by atoms with Crippen LogP contribution in [0.15, 0.2) is 109 Å². The molecule has 1 aliphatic heterocycles. The first kappa shape index (κ1) is 24.1. The Hall–Kier alpha value is -4.64. The number of ether oxygens (including phenoxy) is 1. The van der Waals surface area contributed by atoms with Crippen LogP contribution < -0.4 is 15.0 Å². The average Bonchev–Trinajstić information content (AvgIpc) is 2.92. The zero-order chi connectivity index (χ0) is 25.8. The van der Waals surface area contributed by atoms with Crippen molar-refractivity contribution in [3.63, 3.8) is 0 Å². The summed E-state index contributed by atoms with van der Waals surface area (Å²) in [7, 11) is 0. The lowest BCUT2D eigenvalue weighted by atomic mass is 10.1. The van der Waals surface area contributed by atoms with Crippen molar-refractivity contribution in [2.24, 2.45) is 0 Å². The summed E-state index contributed by atoms with van der Waals surface area (Å²) < 4.78 is 6.01. The highest BCUT2D eigenvalue weighted by molar-refractivity contribution is 6.09. The van der Waals surface area contributed by atoms with E-state index in [2.05, 4.69) is 11.4 Å². The largest absolute Gasteiger partial charge is 0.449 e. The standard InChI is InChI=1S/C32H28N2O3/c1-22-9-8-10-25(19-22)21-34-28-13-6-7-14-29(28)37-30(32(34)36)20-24-15-17-27(18-16-24)31(35)33-23(2)26-11-4-3-5-12-26/h3-20,23H,21H2,1-2H3,(H,33,35)/b30-20+. The van der Waals surface area contributed by atoms with E-state index in [9.17, 15) is 9.59 Å². The van der Waals surface area contributed by atoms with Gasteiger partial charge in [0.2, 0.25) is 0 Å². The maximum Gasteiger partial charge on any atom is 0.294 e. The molecule has 0 saturated heterocycles. The molecule has 5 rings (SSSR count). The third-order valence-corrected chi connectivity index (χ3v) is 6.37. The Balaban J connectivity index is 1.35. The number of benzene rings is 4. The van der Waals surface area contributed by atoms with E-state index in [0.29, 0.717) is 17.9 Å². The molecule has 1 aliphatic rings. The first-order valence-electron chi connectivity index (χ1n) is 12.3. The van der Waals surface area contributed by atoms with E-state index in [-0.39, 0.29) is 23.6 Å². The molecule has 37 heavy (non-hydrogen) atoms. The fourth-order valence-corrected chi connectivity index (χ4v) is 4.40. The van der Waals surface area contributed by atoms with Crippen LogP contribution in [0.2, 0.25) is 0 Å². The number of carbonyl (C=O) groups is 2. The number of nitrogens with zero attached hydrogens (tertiary/aromatic N) is 1. The van der Waals surface area contributed by atoms with Gasteiger partial charge in [0.15, 0.2) is 11.5 Å². The van der Waals surface area contributed by atoms with Gasteiger partial charge in [-0.05, 0) is 60.9 Å². The average molecular weight is 489 g/mol. The molecule has 0 aromatic heterocycles. The number of rotatable bonds is 6. The summed E-state index contributed by atoms with van der Waals surface area (Å²) in [6, 6.07) is 32.5. The smallest absolute Gasteiger partial charge is 0.294 e. The van der Waals surface area contributed by atoms with Crippen molar-refractivity contribution >= 4 is 23.6 Å². The van der Waals surface area contributed by atoms with Gasteiger partial charge in [0.05, 0.1) is 18.3 Å². The van der Waals surface area contributed by atoms with Gasteiger partial charge < -0.3 is 10.1 Å². The number of hydrogen-bond acceptors (Lipinski definition) is 3. The molecule has 0 bridgehead atoms. The van der Waals surface area contributed by atoms with Gasteiger partial charge >= 0.3 is 0 Å². The zero-order valence-electron chi connectivity index (χ0n) is 20.8. The molecule has 0 saturated carbocycles. The molecule has 5 heteroatoms. The molecule has 0 fully saturated rings.